The number of rotatable bonds is 9. The number of nitrogens with zero attached hydrogens (tertiary/aromatic N) is 4. The predicted molar refractivity (Wildman–Crippen MR) is 129 cm³/mol. The molecule has 2 N–H and O–H groups in total. The van der Waals surface area contributed by atoms with E-state index in [0.717, 1.165) is 48.3 Å². The van der Waals surface area contributed by atoms with Crippen LogP contribution in [-0.2, 0) is 30.8 Å². The summed E-state index contributed by atoms with van der Waals surface area (Å²) in [4.78, 5) is 4.33. The van der Waals surface area contributed by atoms with Gasteiger partial charge in [-0.3, -0.25) is 4.99 Å². The lowest BCUT2D eigenvalue weighted by atomic mass is 10.1. The zero-order chi connectivity index (χ0) is 20.5. The molecule has 0 unspecified atom stereocenters. The van der Waals surface area contributed by atoms with Gasteiger partial charge in [0.15, 0.2) is 11.8 Å². The molecule has 2 heterocycles. The molecular formula is C21H33IN6O2. The number of methoxy groups -OCH3 is 1. The standard InChI is InChI=1S/C21H32N6O2.HI/c1-16-8-9-17(18(13-16)29-12-6-11-28-3)14-23-21(22-2)24-15-20-26-25-19-7-4-5-10-27(19)20;/h8-9,13H,4-7,10-12,14-15H2,1-3H3,(H2,22,23,24);1H. The summed E-state index contributed by atoms with van der Waals surface area (Å²) in [6.07, 6.45) is 4.26. The number of guanidine groups is 1. The number of aryl methyl sites for hydroxylation is 2. The molecule has 2 aromatic rings. The van der Waals surface area contributed by atoms with Gasteiger partial charge >= 0.3 is 0 Å². The molecule has 0 spiro atoms. The second-order valence-corrected chi connectivity index (χ2v) is 7.23. The van der Waals surface area contributed by atoms with Gasteiger partial charge in [-0.05, 0) is 31.4 Å². The maximum absolute atomic E-state index is 5.97. The van der Waals surface area contributed by atoms with Gasteiger partial charge in [-0.2, -0.15) is 0 Å². The zero-order valence-corrected chi connectivity index (χ0v) is 20.4. The molecular weight excluding hydrogens is 495 g/mol. The molecule has 0 saturated carbocycles. The normalized spacial score (nSPS) is 13.4. The Kier molecular flexibility index (Phi) is 10.4. The Bertz CT molecular complexity index is 824. The van der Waals surface area contributed by atoms with E-state index in [-0.39, 0.29) is 24.0 Å². The molecule has 0 aliphatic carbocycles. The van der Waals surface area contributed by atoms with Crippen LogP contribution in [0.15, 0.2) is 23.2 Å². The molecule has 1 aromatic carbocycles. The Labute approximate surface area is 195 Å². The number of aliphatic imine (C=N–C) groups is 1. The topological polar surface area (TPSA) is 85.6 Å². The molecule has 30 heavy (non-hydrogen) atoms. The van der Waals surface area contributed by atoms with Crippen LogP contribution in [0.1, 0.15) is 42.0 Å². The lowest BCUT2D eigenvalue weighted by Gasteiger charge is -2.17. The summed E-state index contributed by atoms with van der Waals surface area (Å²) in [6.45, 7) is 5.62. The maximum atomic E-state index is 5.97. The zero-order valence-electron chi connectivity index (χ0n) is 18.1. The van der Waals surface area contributed by atoms with E-state index in [0.29, 0.717) is 26.3 Å². The number of aromatic nitrogens is 3. The highest BCUT2D eigenvalue weighted by Crippen LogP contribution is 2.20. The molecule has 8 nitrogen and oxygen atoms in total. The predicted octanol–water partition coefficient (Wildman–Crippen LogP) is 2.82. The highest BCUT2D eigenvalue weighted by Gasteiger charge is 2.15. The van der Waals surface area contributed by atoms with Crippen molar-refractivity contribution in [2.24, 2.45) is 4.99 Å². The van der Waals surface area contributed by atoms with Crippen LogP contribution in [0, 0.1) is 6.92 Å². The quantitative estimate of drug-likeness (QED) is 0.226. The lowest BCUT2D eigenvalue weighted by molar-refractivity contribution is 0.171. The van der Waals surface area contributed by atoms with Gasteiger partial charge in [0.2, 0.25) is 0 Å². The largest absolute Gasteiger partial charge is 0.493 e. The van der Waals surface area contributed by atoms with Crippen molar-refractivity contribution in [1.29, 1.82) is 0 Å². The molecule has 3 rings (SSSR count). The summed E-state index contributed by atoms with van der Waals surface area (Å²) >= 11 is 0. The van der Waals surface area contributed by atoms with Crippen molar-refractivity contribution in [2.45, 2.75) is 52.2 Å². The number of halogens is 1. The van der Waals surface area contributed by atoms with Gasteiger partial charge in [0.1, 0.15) is 11.6 Å². The van der Waals surface area contributed by atoms with E-state index in [4.69, 9.17) is 9.47 Å². The van der Waals surface area contributed by atoms with Crippen molar-refractivity contribution in [3.8, 4) is 5.75 Å². The fourth-order valence-electron chi connectivity index (χ4n) is 3.39. The monoisotopic (exact) mass is 528 g/mol. The lowest BCUT2D eigenvalue weighted by Crippen LogP contribution is -2.37. The Morgan fingerprint density at radius 1 is 1.17 bits per heavy atom. The van der Waals surface area contributed by atoms with E-state index in [1.165, 1.54) is 18.4 Å². The third-order valence-electron chi connectivity index (χ3n) is 4.99. The van der Waals surface area contributed by atoms with Gasteiger partial charge in [0, 0.05) is 52.3 Å². The third kappa shape index (κ3) is 6.83. The number of fused-ring (bicyclic) bond motifs is 1. The van der Waals surface area contributed by atoms with Crippen LogP contribution in [0.5, 0.6) is 5.75 Å². The van der Waals surface area contributed by atoms with Gasteiger partial charge in [0.05, 0.1) is 13.2 Å². The van der Waals surface area contributed by atoms with Gasteiger partial charge < -0.3 is 24.7 Å². The molecule has 166 valence electrons. The first-order chi connectivity index (χ1) is 14.2. The molecule has 0 amide bonds. The minimum Gasteiger partial charge on any atom is -0.493 e. The van der Waals surface area contributed by atoms with Crippen molar-refractivity contribution in [3.05, 3.63) is 41.0 Å². The van der Waals surface area contributed by atoms with Crippen molar-refractivity contribution in [1.82, 2.24) is 25.4 Å². The fraction of sp³-hybridized carbons (Fsp3) is 0.571. The molecule has 9 heteroatoms. The molecule has 0 bridgehead atoms. The highest BCUT2D eigenvalue weighted by molar-refractivity contribution is 14.0. The first-order valence-electron chi connectivity index (χ1n) is 10.3. The van der Waals surface area contributed by atoms with Gasteiger partial charge in [-0.1, -0.05) is 12.1 Å². The van der Waals surface area contributed by atoms with E-state index in [1.54, 1.807) is 14.2 Å². The summed E-state index contributed by atoms with van der Waals surface area (Å²) in [6, 6.07) is 6.26. The minimum absolute atomic E-state index is 0. The number of nitrogens with one attached hydrogen (secondary N) is 2. The van der Waals surface area contributed by atoms with E-state index in [2.05, 4.69) is 55.5 Å². The second kappa shape index (κ2) is 12.7. The Morgan fingerprint density at radius 2 is 2.00 bits per heavy atom. The Morgan fingerprint density at radius 3 is 2.80 bits per heavy atom. The van der Waals surface area contributed by atoms with Crippen LogP contribution in [0.2, 0.25) is 0 Å². The first-order valence-corrected chi connectivity index (χ1v) is 10.3. The summed E-state index contributed by atoms with van der Waals surface area (Å²) in [5.74, 6) is 3.67. The van der Waals surface area contributed by atoms with Crippen molar-refractivity contribution in [2.75, 3.05) is 27.4 Å². The summed E-state index contributed by atoms with van der Waals surface area (Å²) in [5.41, 5.74) is 2.27. The number of ether oxygens (including phenoxy) is 2. The number of hydrogen-bond acceptors (Lipinski definition) is 5. The molecule has 0 radical (unpaired) electrons. The average molecular weight is 528 g/mol. The Balaban J connectivity index is 0.00000320. The Hall–Kier alpha value is -1.88. The molecule has 1 aromatic heterocycles. The van der Waals surface area contributed by atoms with Gasteiger partial charge in [-0.25, -0.2) is 0 Å². The van der Waals surface area contributed by atoms with Crippen molar-refractivity contribution >= 4 is 29.9 Å². The van der Waals surface area contributed by atoms with Crippen LogP contribution in [-0.4, -0.2) is 48.1 Å². The molecule has 1 aliphatic heterocycles. The van der Waals surface area contributed by atoms with Crippen molar-refractivity contribution in [3.63, 3.8) is 0 Å². The second-order valence-electron chi connectivity index (χ2n) is 7.23. The molecule has 1 aliphatic rings. The smallest absolute Gasteiger partial charge is 0.191 e. The minimum atomic E-state index is 0. The van der Waals surface area contributed by atoms with Crippen LogP contribution in [0.3, 0.4) is 0 Å². The molecule has 0 atom stereocenters. The summed E-state index contributed by atoms with van der Waals surface area (Å²) in [5, 5.41) is 15.3. The first kappa shape index (κ1) is 24.4. The van der Waals surface area contributed by atoms with E-state index in [1.807, 2.05) is 0 Å². The molecule has 0 fully saturated rings. The summed E-state index contributed by atoms with van der Waals surface area (Å²) < 4.78 is 13.3. The van der Waals surface area contributed by atoms with Crippen molar-refractivity contribution < 1.29 is 9.47 Å². The SMILES string of the molecule is CN=C(NCc1ccc(C)cc1OCCCOC)NCc1nnc2n1CCCC2.I. The van der Waals surface area contributed by atoms with E-state index >= 15 is 0 Å². The summed E-state index contributed by atoms with van der Waals surface area (Å²) in [7, 11) is 3.47. The highest BCUT2D eigenvalue weighted by atomic mass is 127. The number of benzene rings is 1. The molecule has 0 saturated heterocycles. The fourth-order valence-corrected chi connectivity index (χ4v) is 3.39. The average Bonchev–Trinajstić information content (AvgIpc) is 3.15. The third-order valence-corrected chi connectivity index (χ3v) is 4.99. The van der Waals surface area contributed by atoms with E-state index < -0.39 is 0 Å². The van der Waals surface area contributed by atoms with Crippen LogP contribution in [0.25, 0.3) is 0 Å². The van der Waals surface area contributed by atoms with Gasteiger partial charge in [-0.15, -0.1) is 34.2 Å². The van der Waals surface area contributed by atoms with Crippen LogP contribution < -0.4 is 15.4 Å². The maximum Gasteiger partial charge on any atom is 0.191 e. The van der Waals surface area contributed by atoms with Crippen LogP contribution in [0.4, 0.5) is 0 Å². The number of hydrogen-bond donors (Lipinski definition) is 2. The van der Waals surface area contributed by atoms with Crippen LogP contribution >= 0.6 is 24.0 Å². The van der Waals surface area contributed by atoms with Gasteiger partial charge in [0.25, 0.3) is 0 Å². The van der Waals surface area contributed by atoms with E-state index in [9.17, 15) is 0 Å².